The van der Waals surface area contributed by atoms with Crippen LogP contribution in [0.15, 0.2) is 48.5 Å². The molecule has 0 spiro atoms. The molecule has 0 atom stereocenters. The lowest BCUT2D eigenvalue weighted by Crippen LogP contribution is -2.45. The molecule has 1 amide bonds. The van der Waals surface area contributed by atoms with Gasteiger partial charge in [-0.15, -0.1) is 0 Å². The molecule has 1 aliphatic carbocycles. The first-order valence-electron chi connectivity index (χ1n) is 7.84. The average molecular weight is 295 g/mol. The van der Waals surface area contributed by atoms with Crippen LogP contribution in [0.1, 0.15) is 30.9 Å². The zero-order valence-corrected chi connectivity index (χ0v) is 12.8. The van der Waals surface area contributed by atoms with Crippen molar-refractivity contribution in [1.29, 1.82) is 0 Å². The summed E-state index contributed by atoms with van der Waals surface area (Å²) in [5, 5.41) is 11.9. The van der Waals surface area contributed by atoms with Crippen LogP contribution in [0.5, 0.6) is 0 Å². The number of fused-ring (bicyclic) bond motifs is 3. The second kappa shape index (κ2) is 5.93. The van der Waals surface area contributed by atoms with Gasteiger partial charge in [-0.05, 0) is 28.7 Å². The fourth-order valence-electron chi connectivity index (χ4n) is 3.65. The van der Waals surface area contributed by atoms with Crippen LogP contribution in [-0.2, 0) is 10.2 Å². The van der Waals surface area contributed by atoms with Crippen LogP contribution in [0.25, 0.3) is 11.1 Å². The van der Waals surface area contributed by atoms with Crippen LogP contribution >= 0.6 is 0 Å². The lowest BCUT2D eigenvalue weighted by Gasteiger charge is -2.30. The minimum atomic E-state index is -0.642. The van der Waals surface area contributed by atoms with Gasteiger partial charge in [-0.2, -0.15) is 0 Å². The Balaban J connectivity index is 2.22. The normalized spacial score (nSPS) is 14.3. The molecule has 3 nitrogen and oxygen atoms in total. The van der Waals surface area contributed by atoms with Gasteiger partial charge < -0.3 is 10.4 Å². The summed E-state index contributed by atoms with van der Waals surface area (Å²) in [5.41, 5.74) is 3.80. The number of nitrogens with one attached hydrogen (secondary N) is 1. The van der Waals surface area contributed by atoms with Crippen molar-refractivity contribution in [2.75, 3.05) is 13.2 Å². The molecule has 1 aliphatic rings. The highest BCUT2D eigenvalue weighted by atomic mass is 16.3. The molecule has 0 saturated carbocycles. The largest absolute Gasteiger partial charge is 0.395 e. The molecule has 0 aromatic heterocycles. The molecule has 0 bridgehead atoms. The van der Waals surface area contributed by atoms with E-state index < -0.39 is 5.41 Å². The van der Waals surface area contributed by atoms with E-state index in [2.05, 4.69) is 36.5 Å². The molecular formula is C19H21NO2. The number of hydrogen-bond acceptors (Lipinski definition) is 2. The number of rotatable bonds is 5. The van der Waals surface area contributed by atoms with Crippen molar-refractivity contribution in [1.82, 2.24) is 5.32 Å². The topological polar surface area (TPSA) is 49.3 Å². The Morgan fingerprint density at radius 3 is 2.09 bits per heavy atom. The Morgan fingerprint density at radius 1 is 1.05 bits per heavy atom. The first kappa shape index (κ1) is 14.8. The molecule has 2 N–H and O–H groups in total. The molecule has 3 rings (SSSR count). The summed E-state index contributed by atoms with van der Waals surface area (Å²) in [6.07, 6.45) is 1.67. The number of carbonyl (C=O) groups excluding carboxylic acids is 1. The third kappa shape index (κ3) is 2.04. The smallest absolute Gasteiger partial charge is 0.235 e. The number of hydrogen-bond donors (Lipinski definition) is 2. The minimum Gasteiger partial charge on any atom is -0.395 e. The summed E-state index contributed by atoms with van der Waals surface area (Å²) < 4.78 is 0. The van der Waals surface area contributed by atoms with Gasteiger partial charge in [0.2, 0.25) is 5.91 Å². The molecule has 0 unspecified atom stereocenters. The molecule has 2 aromatic rings. The predicted molar refractivity (Wildman–Crippen MR) is 87.7 cm³/mol. The van der Waals surface area contributed by atoms with Gasteiger partial charge in [-0.1, -0.05) is 61.9 Å². The van der Waals surface area contributed by atoms with Crippen molar-refractivity contribution in [2.24, 2.45) is 0 Å². The third-order valence-electron chi connectivity index (χ3n) is 4.47. The lowest BCUT2D eigenvalue weighted by molar-refractivity contribution is -0.125. The van der Waals surface area contributed by atoms with Gasteiger partial charge in [-0.25, -0.2) is 0 Å². The Hall–Kier alpha value is -2.13. The SMILES string of the molecule is CCCC1(C(=O)NCCO)c2ccccc2-c2ccccc21. The van der Waals surface area contributed by atoms with Crippen LogP contribution in [0.2, 0.25) is 0 Å². The van der Waals surface area contributed by atoms with Crippen molar-refractivity contribution in [3.05, 3.63) is 59.7 Å². The van der Waals surface area contributed by atoms with Crippen molar-refractivity contribution in [3.63, 3.8) is 0 Å². The molecule has 0 fully saturated rings. The monoisotopic (exact) mass is 295 g/mol. The Morgan fingerprint density at radius 2 is 1.59 bits per heavy atom. The molecule has 0 aliphatic heterocycles. The number of amides is 1. The Kier molecular flexibility index (Phi) is 3.99. The first-order valence-corrected chi connectivity index (χ1v) is 7.84. The van der Waals surface area contributed by atoms with E-state index in [1.54, 1.807) is 0 Å². The molecule has 114 valence electrons. The third-order valence-corrected chi connectivity index (χ3v) is 4.47. The molecule has 0 heterocycles. The highest BCUT2D eigenvalue weighted by Crippen LogP contribution is 2.51. The van der Waals surface area contributed by atoms with Crippen molar-refractivity contribution < 1.29 is 9.90 Å². The van der Waals surface area contributed by atoms with Gasteiger partial charge in [0.1, 0.15) is 5.41 Å². The summed E-state index contributed by atoms with van der Waals surface area (Å²) in [4.78, 5) is 13.0. The van der Waals surface area contributed by atoms with Gasteiger partial charge in [0.25, 0.3) is 0 Å². The zero-order valence-electron chi connectivity index (χ0n) is 12.8. The van der Waals surface area contributed by atoms with E-state index in [4.69, 9.17) is 5.11 Å². The van der Waals surface area contributed by atoms with Gasteiger partial charge in [0, 0.05) is 6.54 Å². The van der Waals surface area contributed by atoms with E-state index in [0.717, 1.165) is 35.1 Å². The number of benzene rings is 2. The fraction of sp³-hybridized carbons (Fsp3) is 0.316. The van der Waals surface area contributed by atoms with Crippen LogP contribution in [0.4, 0.5) is 0 Å². The van der Waals surface area contributed by atoms with Gasteiger partial charge in [0.15, 0.2) is 0 Å². The van der Waals surface area contributed by atoms with Crippen LogP contribution in [0.3, 0.4) is 0 Å². The fourth-order valence-corrected chi connectivity index (χ4v) is 3.65. The van der Waals surface area contributed by atoms with Crippen LogP contribution < -0.4 is 5.32 Å². The minimum absolute atomic E-state index is 0.0131. The summed E-state index contributed by atoms with van der Waals surface area (Å²) in [6, 6.07) is 16.3. The van der Waals surface area contributed by atoms with Gasteiger partial charge in [0.05, 0.1) is 6.61 Å². The van der Waals surface area contributed by atoms with Crippen molar-refractivity contribution >= 4 is 5.91 Å². The maximum Gasteiger partial charge on any atom is 0.235 e. The molecule has 3 heteroatoms. The quantitative estimate of drug-likeness (QED) is 0.891. The van der Waals surface area contributed by atoms with E-state index >= 15 is 0 Å². The number of aliphatic hydroxyl groups excluding tert-OH is 1. The molecular weight excluding hydrogens is 274 g/mol. The molecule has 0 saturated heterocycles. The van der Waals surface area contributed by atoms with E-state index in [1.165, 1.54) is 0 Å². The second-order valence-corrected chi connectivity index (χ2v) is 5.73. The predicted octanol–water partition coefficient (Wildman–Crippen LogP) is 2.86. The molecule has 2 aromatic carbocycles. The second-order valence-electron chi connectivity index (χ2n) is 5.73. The van der Waals surface area contributed by atoms with Crippen molar-refractivity contribution in [2.45, 2.75) is 25.2 Å². The maximum atomic E-state index is 13.0. The summed E-state index contributed by atoms with van der Waals surface area (Å²) >= 11 is 0. The molecule has 22 heavy (non-hydrogen) atoms. The van der Waals surface area contributed by atoms with Crippen LogP contribution in [-0.4, -0.2) is 24.2 Å². The average Bonchev–Trinajstić information content (AvgIpc) is 2.85. The zero-order chi connectivity index (χ0) is 15.6. The number of carbonyl (C=O) groups is 1. The van der Waals surface area contributed by atoms with E-state index in [-0.39, 0.29) is 19.1 Å². The summed E-state index contributed by atoms with van der Waals surface area (Å²) in [7, 11) is 0. The summed E-state index contributed by atoms with van der Waals surface area (Å²) in [5.74, 6) is -0.0131. The first-order chi connectivity index (χ1) is 10.8. The van der Waals surface area contributed by atoms with Gasteiger partial charge in [-0.3, -0.25) is 4.79 Å². The van der Waals surface area contributed by atoms with E-state index in [0.29, 0.717) is 0 Å². The highest BCUT2D eigenvalue weighted by molar-refractivity contribution is 6.00. The molecule has 0 radical (unpaired) electrons. The van der Waals surface area contributed by atoms with Crippen molar-refractivity contribution in [3.8, 4) is 11.1 Å². The Bertz CT molecular complexity index is 648. The standard InChI is InChI=1S/C19H21NO2/c1-2-11-19(18(22)20-12-13-21)16-9-5-3-7-14(16)15-8-4-6-10-17(15)19/h3-10,21H,2,11-13H2,1H3,(H,20,22). The number of aliphatic hydroxyl groups is 1. The lowest BCUT2D eigenvalue weighted by atomic mass is 9.74. The highest BCUT2D eigenvalue weighted by Gasteiger charge is 2.47. The van der Waals surface area contributed by atoms with Gasteiger partial charge >= 0.3 is 0 Å². The van der Waals surface area contributed by atoms with E-state index in [1.807, 2.05) is 24.3 Å². The van der Waals surface area contributed by atoms with Crippen LogP contribution in [0, 0.1) is 0 Å². The van der Waals surface area contributed by atoms with E-state index in [9.17, 15) is 4.79 Å². The maximum absolute atomic E-state index is 13.0. The Labute approximate surface area is 131 Å². The summed E-state index contributed by atoms with van der Waals surface area (Å²) in [6.45, 7) is 2.34.